The fourth-order valence-corrected chi connectivity index (χ4v) is 3.65. The minimum Gasteiger partial charge on any atom is -0.355 e. The van der Waals surface area contributed by atoms with E-state index in [4.69, 9.17) is 0 Å². The van der Waals surface area contributed by atoms with E-state index in [2.05, 4.69) is 49.5 Å². The van der Waals surface area contributed by atoms with Crippen LogP contribution < -0.4 is 15.4 Å². The molecule has 0 saturated carbocycles. The smallest absolute Gasteiger partial charge is 0.211 e. The largest absolute Gasteiger partial charge is 0.355 e. The van der Waals surface area contributed by atoms with Crippen molar-refractivity contribution in [2.45, 2.75) is 39.3 Å². The predicted molar refractivity (Wildman–Crippen MR) is 127 cm³/mol. The zero-order chi connectivity index (χ0) is 19.5. The van der Waals surface area contributed by atoms with Crippen LogP contribution in [0.5, 0.6) is 0 Å². The van der Waals surface area contributed by atoms with Gasteiger partial charge in [-0.1, -0.05) is 30.7 Å². The number of halogens is 1. The van der Waals surface area contributed by atoms with Crippen LogP contribution in [0.3, 0.4) is 0 Å². The highest BCUT2D eigenvalue weighted by molar-refractivity contribution is 14.0. The van der Waals surface area contributed by atoms with E-state index in [0.29, 0.717) is 25.6 Å². The van der Waals surface area contributed by atoms with Gasteiger partial charge in [0.25, 0.3) is 0 Å². The van der Waals surface area contributed by atoms with Gasteiger partial charge in [-0.05, 0) is 44.0 Å². The predicted octanol–water partition coefficient (Wildman–Crippen LogP) is 1.89. The number of benzene rings is 1. The molecular formula is C19H34IN5O2S. The summed E-state index contributed by atoms with van der Waals surface area (Å²) in [5.41, 5.74) is 2.54. The molecule has 160 valence electrons. The van der Waals surface area contributed by atoms with Crippen LogP contribution in [0.15, 0.2) is 29.3 Å². The Hall–Kier alpha value is -0.910. The van der Waals surface area contributed by atoms with Gasteiger partial charge in [-0.25, -0.2) is 13.1 Å². The van der Waals surface area contributed by atoms with Crippen LogP contribution in [0.2, 0.25) is 0 Å². The highest BCUT2D eigenvalue weighted by atomic mass is 127. The van der Waals surface area contributed by atoms with Gasteiger partial charge in [0, 0.05) is 33.2 Å². The van der Waals surface area contributed by atoms with Crippen LogP contribution in [-0.4, -0.2) is 58.3 Å². The second-order valence-corrected chi connectivity index (χ2v) is 8.90. The quantitative estimate of drug-likeness (QED) is 0.199. The average Bonchev–Trinajstić information content (AvgIpc) is 2.69. The van der Waals surface area contributed by atoms with E-state index in [9.17, 15) is 8.42 Å². The fourth-order valence-electron chi connectivity index (χ4n) is 3.03. The first-order chi connectivity index (χ1) is 13.0. The van der Waals surface area contributed by atoms with Gasteiger partial charge < -0.3 is 10.6 Å². The first-order valence-electron chi connectivity index (χ1n) is 9.74. The van der Waals surface area contributed by atoms with Crippen LogP contribution in [0.1, 0.15) is 37.3 Å². The van der Waals surface area contributed by atoms with E-state index in [0.717, 1.165) is 6.54 Å². The third-order valence-corrected chi connectivity index (χ3v) is 6.08. The van der Waals surface area contributed by atoms with Crippen molar-refractivity contribution in [3.63, 3.8) is 0 Å². The molecule has 1 aromatic carbocycles. The maximum absolute atomic E-state index is 11.4. The lowest BCUT2D eigenvalue weighted by molar-refractivity contribution is 0.221. The minimum absolute atomic E-state index is 0. The average molecular weight is 523 g/mol. The molecular weight excluding hydrogens is 489 g/mol. The standard InChI is InChI=1S/C19H33N5O2S.HI/c1-3-27(25,26)23-12-11-21-19(20-2)22-15-17-7-9-18(10-8-17)16-24-13-5-4-6-14-24;/h7-10,23H,3-6,11-16H2,1-2H3,(H2,20,21,22);1H. The minimum atomic E-state index is -3.15. The number of guanidine groups is 1. The molecule has 1 fully saturated rings. The fraction of sp³-hybridized carbons (Fsp3) is 0.632. The normalized spacial score (nSPS) is 15.7. The molecule has 0 aliphatic carbocycles. The molecule has 1 aliphatic heterocycles. The monoisotopic (exact) mass is 523 g/mol. The SMILES string of the molecule is CCS(=O)(=O)NCCNC(=NC)NCc1ccc(CN2CCCCC2)cc1.I. The van der Waals surface area contributed by atoms with Crippen molar-refractivity contribution in [2.24, 2.45) is 4.99 Å². The summed E-state index contributed by atoms with van der Waals surface area (Å²) >= 11 is 0. The van der Waals surface area contributed by atoms with Crippen LogP contribution >= 0.6 is 24.0 Å². The van der Waals surface area contributed by atoms with Crippen molar-refractivity contribution >= 4 is 40.0 Å². The lowest BCUT2D eigenvalue weighted by Crippen LogP contribution is -2.41. The first-order valence-corrected chi connectivity index (χ1v) is 11.4. The molecule has 28 heavy (non-hydrogen) atoms. The Morgan fingerprint density at radius 1 is 1.04 bits per heavy atom. The summed E-state index contributed by atoms with van der Waals surface area (Å²) in [7, 11) is -1.45. The Bertz CT molecular complexity index is 689. The number of nitrogens with one attached hydrogen (secondary N) is 3. The number of likely N-dealkylation sites (tertiary alicyclic amines) is 1. The summed E-state index contributed by atoms with van der Waals surface area (Å²) in [4.78, 5) is 6.69. The molecule has 2 rings (SSSR count). The van der Waals surface area contributed by atoms with Crippen molar-refractivity contribution in [2.75, 3.05) is 39.0 Å². The molecule has 0 radical (unpaired) electrons. The van der Waals surface area contributed by atoms with Gasteiger partial charge in [0.15, 0.2) is 5.96 Å². The van der Waals surface area contributed by atoms with Gasteiger partial charge in [-0.15, -0.1) is 24.0 Å². The number of piperidine rings is 1. The Labute approximate surface area is 186 Å². The van der Waals surface area contributed by atoms with E-state index in [1.165, 1.54) is 43.5 Å². The summed E-state index contributed by atoms with van der Waals surface area (Å²) in [6, 6.07) is 8.69. The number of hydrogen-bond donors (Lipinski definition) is 3. The van der Waals surface area contributed by atoms with E-state index >= 15 is 0 Å². The van der Waals surface area contributed by atoms with Crippen LogP contribution in [0, 0.1) is 0 Å². The first kappa shape index (κ1) is 25.1. The van der Waals surface area contributed by atoms with Crippen molar-refractivity contribution < 1.29 is 8.42 Å². The third kappa shape index (κ3) is 9.53. The van der Waals surface area contributed by atoms with Gasteiger partial charge >= 0.3 is 0 Å². The Morgan fingerprint density at radius 2 is 1.68 bits per heavy atom. The Morgan fingerprint density at radius 3 is 2.29 bits per heavy atom. The zero-order valence-electron chi connectivity index (χ0n) is 16.9. The molecule has 0 atom stereocenters. The van der Waals surface area contributed by atoms with Crippen LogP contribution in [0.25, 0.3) is 0 Å². The number of rotatable bonds is 9. The van der Waals surface area contributed by atoms with Gasteiger partial charge in [0.1, 0.15) is 0 Å². The molecule has 0 aromatic heterocycles. The lowest BCUT2D eigenvalue weighted by atomic mass is 10.1. The third-order valence-electron chi connectivity index (χ3n) is 4.68. The number of nitrogens with zero attached hydrogens (tertiary/aromatic N) is 2. The van der Waals surface area contributed by atoms with E-state index in [1.807, 2.05) is 0 Å². The van der Waals surface area contributed by atoms with Gasteiger partial charge in [-0.2, -0.15) is 0 Å². The summed E-state index contributed by atoms with van der Waals surface area (Å²) in [6.45, 7) is 6.55. The summed E-state index contributed by atoms with van der Waals surface area (Å²) < 4.78 is 25.3. The number of hydrogen-bond acceptors (Lipinski definition) is 4. The maximum Gasteiger partial charge on any atom is 0.211 e. The van der Waals surface area contributed by atoms with Crippen molar-refractivity contribution in [1.29, 1.82) is 0 Å². The van der Waals surface area contributed by atoms with Crippen molar-refractivity contribution in [1.82, 2.24) is 20.3 Å². The Balaban J connectivity index is 0.00000392. The molecule has 1 aliphatic rings. The molecule has 1 saturated heterocycles. The highest BCUT2D eigenvalue weighted by Gasteiger charge is 2.10. The topological polar surface area (TPSA) is 85.8 Å². The molecule has 1 heterocycles. The molecule has 0 unspecified atom stereocenters. The molecule has 9 heteroatoms. The summed E-state index contributed by atoms with van der Waals surface area (Å²) in [6.07, 6.45) is 3.99. The Kier molecular flexibility index (Phi) is 12.0. The number of sulfonamides is 1. The van der Waals surface area contributed by atoms with E-state index in [-0.39, 0.29) is 29.7 Å². The van der Waals surface area contributed by atoms with Crippen LogP contribution in [-0.2, 0) is 23.1 Å². The second-order valence-electron chi connectivity index (χ2n) is 6.80. The zero-order valence-corrected chi connectivity index (χ0v) is 20.1. The van der Waals surface area contributed by atoms with E-state index in [1.54, 1.807) is 14.0 Å². The molecule has 0 spiro atoms. The van der Waals surface area contributed by atoms with Gasteiger partial charge in [0.05, 0.1) is 5.75 Å². The van der Waals surface area contributed by atoms with Gasteiger partial charge in [0.2, 0.25) is 10.0 Å². The molecule has 0 amide bonds. The highest BCUT2D eigenvalue weighted by Crippen LogP contribution is 2.13. The van der Waals surface area contributed by atoms with E-state index < -0.39 is 10.0 Å². The molecule has 1 aromatic rings. The summed E-state index contributed by atoms with van der Waals surface area (Å²) in [5.74, 6) is 0.747. The summed E-state index contributed by atoms with van der Waals surface area (Å²) in [5, 5.41) is 6.36. The number of aliphatic imine (C=N–C) groups is 1. The molecule has 7 nitrogen and oxygen atoms in total. The molecule has 0 bridgehead atoms. The second kappa shape index (κ2) is 13.3. The maximum atomic E-state index is 11.4. The van der Waals surface area contributed by atoms with Crippen molar-refractivity contribution in [3.8, 4) is 0 Å². The van der Waals surface area contributed by atoms with Crippen molar-refractivity contribution in [3.05, 3.63) is 35.4 Å². The van der Waals surface area contributed by atoms with Gasteiger partial charge in [-0.3, -0.25) is 9.89 Å². The molecule has 3 N–H and O–H groups in total. The lowest BCUT2D eigenvalue weighted by Gasteiger charge is -2.26. The van der Waals surface area contributed by atoms with Crippen LogP contribution in [0.4, 0.5) is 0 Å².